The van der Waals surface area contributed by atoms with Crippen molar-refractivity contribution < 1.29 is 14.7 Å². The van der Waals surface area contributed by atoms with E-state index >= 15 is 0 Å². The molecule has 5 nitrogen and oxygen atoms in total. The summed E-state index contributed by atoms with van der Waals surface area (Å²) >= 11 is 0. The number of carbonyl (C=O) groups excluding carboxylic acids is 2. The predicted octanol–water partition coefficient (Wildman–Crippen LogP) is 1.89. The number of carbonyl (C=O) groups is 2. The first-order valence-electron chi connectivity index (χ1n) is 8.39. The maximum atomic E-state index is 12.5. The number of amides is 2. The minimum absolute atomic E-state index is 0.293. The van der Waals surface area contributed by atoms with Gasteiger partial charge in [0.05, 0.1) is 12.1 Å². The van der Waals surface area contributed by atoms with Gasteiger partial charge in [-0.25, -0.2) is 0 Å². The molecule has 25 heavy (non-hydrogen) atoms. The highest BCUT2D eigenvalue weighted by Crippen LogP contribution is 2.31. The summed E-state index contributed by atoms with van der Waals surface area (Å²) in [6, 6.07) is 13.7. The first-order valence-corrected chi connectivity index (χ1v) is 8.39. The summed E-state index contributed by atoms with van der Waals surface area (Å²) in [6.45, 7) is 3.54. The Hall–Kier alpha value is -2.66. The van der Waals surface area contributed by atoms with Gasteiger partial charge in [0.1, 0.15) is 6.04 Å². The second-order valence-electron chi connectivity index (χ2n) is 6.52. The molecule has 1 aliphatic rings. The fraction of sp³-hybridized carbons (Fsp3) is 0.300. The zero-order valence-electron chi connectivity index (χ0n) is 14.3. The molecule has 0 aliphatic heterocycles. The normalized spacial score (nSPS) is 19.8. The molecule has 130 valence electrons. The van der Waals surface area contributed by atoms with E-state index in [0.29, 0.717) is 12.0 Å². The van der Waals surface area contributed by atoms with Crippen LogP contribution in [0.4, 0.5) is 0 Å². The number of aliphatic hydroxyl groups excluding tert-OH is 1. The first-order chi connectivity index (χ1) is 12.0. The number of aliphatic hydroxyl groups is 1. The van der Waals surface area contributed by atoms with E-state index < -0.39 is 18.2 Å². The lowest BCUT2D eigenvalue weighted by Gasteiger charge is -2.21. The Balaban J connectivity index is 1.64. The third-order valence-corrected chi connectivity index (χ3v) is 4.52. The summed E-state index contributed by atoms with van der Waals surface area (Å²) < 4.78 is 0. The lowest BCUT2D eigenvalue weighted by Crippen LogP contribution is -2.47. The molecule has 5 heteroatoms. The molecule has 0 fully saturated rings. The zero-order valence-corrected chi connectivity index (χ0v) is 14.3. The van der Waals surface area contributed by atoms with E-state index in [0.717, 1.165) is 16.7 Å². The van der Waals surface area contributed by atoms with Crippen LogP contribution in [0.2, 0.25) is 0 Å². The van der Waals surface area contributed by atoms with Crippen molar-refractivity contribution in [1.29, 1.82) is 0 Å². The average molecular weight is 338 g/mol. The van der Waals surface area contributed by atoms with Crippen LogP contribution in [0.3, 0.4) is 0 Å². The monoisotopic (exact) mass is 338 g/mol. The standard InChI is InChI=1S/C20H22N2O3/c1-12-6-5-8-15(10-12)20(25)21-13(2)19(24)22-18-16-9-4-3-7-14(16)11-17(18)23/h3-10,13,17-18,23H,11H2,1-2H3,(H,21,25)(H,22,24)/t13?,17-,18+/m1/s1. The van der Waals surface area contributed by atoms with Gasteiger partial charge in [-0.2, -0.15) is 0 Å². The number of aryl methyl sites for hydroxylation is 1. The number of benzene rings is 2. The van der Waals surface area contributed by atoms with Gasteiger partial charge in [-0.1, -0.05) is 42.0 Å². The lowest BCUT2D eigenvalue weighted by atomic mass is 10.1. The van der Waals surface area contributed by atoms with Crippen LogP contribution >= 0.6 is 0 Å². The molecule has 0 saturated carbocycles. The first kappa shape index (κ1) is 17.2. The molecule has 0 heterocycles. The summed E-state index contributed by atoms with van der Waals surface area (Å²) in [7, 11) is 0. The topological polar surface area (TPSA) is 78.4 Å². The Bertz CT molecular complexity index is 803. The predicted molar refractivity (Wildman–Crippen MR) is 95.1 cm³/mol. The van der Waals surface area contributed by atoms with Gasteiger partial charge in [-0.3, -0.25) is 9.59 Å². The van der Waals surface area contributed by atoms with Crippen molar-refractivity contribution in [2.75, 3.05) is 0 Å². The molecule has 3 rings (SSSR count). The smallest absolute Gasteiger partial charge is 0.251 e. The molecule has 1 unspecified atom stereocenters. The quantitative estimate of drug-likeness (QED) is 0.796. The molecule has 0 bridgehead atoms. The van der Waals surface area contributed by atoms with Crippen LogP contribution in [0.1, 0.15) is 40.0 Å². The molecule has 1 aliphatic carbocycles. The van der Waals surface area contributed by atoms with Crippen LogP contribution in [0.15, 0.2) is 48.5 Å². The van der Waals surface area contributed by atoms with E-state index in [1.165, 1.54) is 0 Å². The van der Waals surface area contributed by atoms with Crippen molar-refractivity contribution in [3.63, 3.8) is 0 Å². The highest BCUT2D eigenvalue weighted by Gasteiger charge is 2.33. The van der Waals surface area contributed by atoms with Crippen molar-refractivity contribution in [2.24, 2.45) is 0 Å². The van der Waals surface area contributed by atoms with Crippen molar-refractivity contribution in [2.45, 2.75) is 38.5 Å². The average Bonchev–Trinajstić information content (AvgIpc) is 2.90. The van der Waals surface area contributed by atoms with Crippen LogP contribution in [-0.4, -0.2) is 29.1 Å². The highest BCUT2D eigenvalue weighted by atomic mass is 16.3. The highest BCUT2D eigenvalue weighted by molar-refractivity contribution is 5.97. The molecule has 3 N–H and O–H groups in total. The summed E-state index contributed by atoms with van der Waals surface area (Å²) in [4.78, 5) is 24.7. The second kappa shape index (κ2) is 7.07. The zero-order chi connectivity index (χ0) is 18.0. The minimum atomic E-state index is -0.701. The van der Waals surface area contributed by atoms with Crippen molar-refractivity contribution in [3.8, 4) is 0 Å². The molecular weight excluding hydrogens is 316 g/mol. The molecular formula is C20H22N2O3. The molecule has 2 amide bonds. The third kappa shape index (κ3) is 3.72. The summed E-state index contributed by atoms with van der Waals surface area (Å²) in [5.74, 6) is -0.611. The fourth-order valence-corrected chi connectivity index (χ4v) is 3.16. The van der Waals surface area contributed by atoms with Gasteiger partial charge in [0, 0.05) is 12.0 Å². The van der Waals surface area contributed by atoms with Gasteiger partial charge in [0.15, 0.2) is 0 Å². The van der Waals surface area contributed by atoms with Gasteiger partial charge in [0.25, 0.3) is 5.91 Å². The number of hydrogen-bond donors (Lipinski definition) is 3. The van der Waals surface area contributed by atoms with Gasteiger partial charge in [0.2, 0.25) is 5.91 Å². The number of rotatable bonds is 4. The molecule has 3 atom stereocenters. The van der Waals surface area contributed by atoms with Crippen LogP contribution < -0.4 is 10.6 Å². The molecule has 0 aromatic heterocycles. The second-order valence-corrected chi connectivity index (χ2v) is 6.52. The minimum Gasteiger partial charge on any atom is -0.390 e. The van der Waals surface area contributed by atoms with E-state index in [1.54, 1.807) is 25.1 Å². The van der Waals surface area contributed by atoms with Crippen LogP contribution in [0.5, 0.6) is 0 Å². The van der Waals surface area contributed by atoms with E-state index in [-0.39, 0.29) is 11.8 Å². The Morgan fingerprint density at radius 2 is 1.92 bits per heavy atom. The van der Waals surface area contributed by atoms with Gasteiger partial charge >= 0.3 is 0 Å². The molecule has 0 radical (unpaired) electrons. The van der Waals surface area contributed by atoms with Gasteiger partial charge < -0.3 is 15.7 Å². The Morgan fingerprint density at radius 3 is 2.68 bits per heavy atom. The van der Waals surface area contributed by atoms with Crippen LogP contribution in [0.25, 0.3) is 0 Å². The SMILES string of the molecule is Cc1cccc(C(=O)NC(C)C(=O)N[C@H]2c3ccccc3C[C@H]2O)c1. The van der Waals surface area contributed by atoms with E-state index in [4.69, 9.17) is 0 Å². The third-order valence-electron chi connectivity index (χ3n) is 4.52. The molecule has 0 spiro atoms. The van der Waals surface area contributed by atoms with Crippen molar-refractivity contribution in [3.05, 3.63) is 70.8 Å². The molecule has 2 aromatic rings. The Labute approximate surface area is 147 Å². The van der Waals surface area contributed by atoms with Crippen molar-refractivity contribution >= 4 is 11.8 Å². The van der Waals surface area contributed by atoms with E-state index in [2.05, 4.69) is 10.6 Å². The Kier molecular flexibility index (Phi) is 4.86. The summed E-state index contributed by atoms with van der Waals surface area (Å²) in [5, 5.41) is 15.8. The van der Waals surface area contributed by atoms with E-state index in [1.807, 2.05) is 37.3 Å². The maximum Gasteiger partial charge on any atom is 0.251 e. The maximum absolute atomic E-state index is 12.5. The largest absolute Gasteiger partial charge is 0.390 e. The Morgan fingerprint density at radius 1 is 1.16 bits per heavy atom. The van der Waals surface area contributed by atoms with Crippen LogP contribution in [0, 0.1) is 6.92 Å². The van der Waals surface area contributed by atoms with E-state index in [9.17, 15) is 14.7 Å². The number of fused-ring (bicyclic) bond motifs is 1. The van der Waals surface area contributed by atoms with Gasteiger partial charge in [-0.15, -0.1) is 0 Å². The van der Waals surface area contributed by atoms with Crippen molar-refractivity contribution in [1.82, 2.24) is 10.6 Å². The summed E-state index contributed by atoms with van der Waals surface area (Å²) in [5.41, 5.74) is 3.47. The number of nitrogens with one attached hydrogen (secondary N) is 2. The molecule has 0 saturated heterocycles. The fourth-order valence-electron chi connectivity index (χ4n) is 3.16. The van der Waals surface area contributed by atoms with Gasteiger partial charge in [-0.05, 0) is 37.1 Å². The lowest BCUT2D eigenvalue weighted by molar-refractivity contribution is -0.124. The summed E-state index contributed by atoms with van der Waals surface area (Å²) in [6.07, 6.45) is -0.133. The molecule has 2 aromatic carbocycles. The number of hydrogen-bond acceptors (Lipinski definition) is 3. The van der Waals surface area contributed by atoms with Crippen LogP contribution in [-0.2, 0) is 11.2 Å².